The molecule has 4 heteroatoms. The summed E-state index contributed by atoms with van der Waals surface area (Å²) in [5.74, 6) is -0.0678. The molecule has 1 fully saturated rings. The maximum atomic E-state index is 11.0. The zero-order chi connectivity index (χ0) is 13.1. The van der Waals surface area contributed by atoms with Gasteiger partial charge in [0.2, 0.25) is 0 Å². The third-order valence-corrected chi connectivity index (χ3v) is 3.69. The van der Waals surface area contributed by atoms with Gasteiger partial charge in [0.15, 0.2) is 0 Å². The van der Waals surface area contributed by atoms with E-state index in [1.54, 1.807) is 7.11 Å². The Morgan fingerprint density at radius 3 is 2.94 bits per heavy atom. The lowest BCUT2D eigenvalue weighted by Crippen LogP contribution is -2.26. The van der Waals surface area contributed by atoms with E-state index in [9.17, 15) is 4.79 Å². The van der Waals surface area contributed by atoms with E-state index >= 15 is 0 Å². The number of rotatable bonds is 4. The highest BCUT2D eigenvalue weighted by atomic mass is 16.5. The van der Waals surface area contributed by atoms with Crippen molar-refractivity contribution in [2.45, 2.75) is 19.4 Å². The minimum absolute atomic E-state index is 0.224. The fourth-order valence-corrected chi connectivity index (χ4v) is 2.45. The van der Waals surface area contributed by atoms with E-state index in [-0.39, 0.29) is 12.0 Å². The molecule has 4 nitrogen and oxygen atoms in total. The van der Waals surface area contributed by atoms with E-state index in [0.717, 1.165) is 18.7 Å². The summed E-state index contributed by atoms with van der Waals surface area (Å²) in [7, 11) is 1.65. The van der Waals surface area contributed by atoms with Crippen LogP contribution in [0.5, 0.6) is 5.75 Å². The van der Waals surface area contributed by atoms with Gasteiger partial charge in [0, 0.05) is 12.6 Å². The quantitative estimate of drug-likeness (QED) is 0.888. The topological polar surface area (TPSA) is 49.8 Å². The number of carboxylic acid groups (broad SMARTS) is 1. The van der Waals surface area contributed by atoms with Gasteiger partial charge in [0.1, 0.15) is 5.75 Å². The summed E-state index contributed by atoms with van der Waals surface area (Å²) >= 11 is 0. The van der Waals surface area contributed by atoms with E-state index in [2.05, 4.69) is 17.9 Å². The largest absolute Gasteiger partial charge is 0.497 e. The minimum Gasteiger partial charge on any atom is -0.497 e. The number of carboxylic acids is 1. The van der Waals surface area contributed by atoms with Crippen LogP contribution in [0.3, 0.4) is 0 Å². The van der Waals surface area contributed by atoms with Crippen molar-refractivity contribution in [3.8, 4) is 5.75 Å². The molecule has 2 rings (SSSR count). The molecule has 0 aliphatic carbocycles. The summed E-state index contributed by atoms with van der Waals surface area (Å²) in [6.45, 7) is 3.59. The average Bonchev–Trinajstić information content (AvgIpc) is 2.87. The van der Waals surface area contributed by atoms with Gasteiger partial charge < -0.3 is 9.84 Å². The minimum atomic E-state index is -0.685. The third-order valence-electron chi connectivity index (χ3n) is 3.69. The lowest BCUT2D eigenvalue weighted by molar-refractivity contribution is -0.141. The number of ether oxygens (including phenoxy) is 1. The molecule has 1 N–H and O–H groups in total. The zero-order valence-corrected chi connectivity index (χ0v) is 10.8. The summed E-state index contributed by atoms with van der Waals surface area (Å²) in [5.41, 5.74) is 1.17. The summed E-state index contributed by atoms with van der Waals surface area (Å²) in [5, 5.41) is 9.02. The number of likely N-dealkylation sites (tertiary alicyclic amines) is 1. The first-order valence-electron chi connectivity index (χ1n) is 6.22. The molecule has 1 saturated heterocycles. The van der Waals surface area contributed by atoms with Crippen LogP contribution in [0, 0.1) is 5.92 Å². The summed E-state index contributed by atoms with van der Waals surface area (Å²) in [6, 6.07) is 8.18. The SMILES string of the molecule is COc1cccc([C@H](C)N2CC[C@H](C(=O)O)C2)c1. The van der Waals surface area contributed by atoms with Crippen LogP contribution in [0.1, 0.15) is 24.9 Å². The molecule has 0 spiro atoms. The molecule has 0 saturated carbocycles. The average molecular weight is 249 g/mol. The van der Waals surface area contributed by atoms with Gasteiger partial charge in [-0.3, -0.25) is 9.69 Å². The molecule has 1 heterocycles. The molecule has 1 aromatic carbocycles. The van der Waals surface area contributed by atoms with Gasteiger partial charge in [-0.2, -0.15) is 0 Å². The molecule has 0 aromatic heterocycles. The van der Waals surface area contributed by atoms with Crippen molar-refractivity contribution in [2.24, 2.45) is 5.92 Å². The van der Waals surface area contributed by atoms with Crippen molar-refractivity contribution in [1.29, 1.82) is 0 Å². The number of hydrogen-bond donors (Lipinski definition) is 1. The van der Waals surface area contributed by atoms with E-state index in [4.69, 9.17) is 9.84 Å². The summed E-state index contributed by atoms with van der Waals surface area (Å²) < 4.78 is 5.21. The second kappa shape index (κ2) is 5.40. The number of hydrogen-bond acceptors (Lipinski definition) is 3. The Morgan fingerprint density at radius 1 is 1.56 bits per heavy atom. The molecular weight excluding hydrogens is 230 g/mol. The van der Waals surface area contributed by atoms with Crippen molar-refractivity contribution in [3.05, 3.63) is 29.8 Å². The Kier molecular flexibility index (Phi) is 3.87. The lowest BCUT2D eigenvalue weighted by Gasteiger charge is -2.24. The highest BCUT2D eigenvalue weighted by Crippen LogP contribution is 2.29. The van der Waals surface area contributed by atoms with Crippen molar-refractivity contribution in [3.63, 3.8) is 0 Å². The van der Waals surface area contributed by atoms with Crippen LogP contribution in [-0.2, 0) is 4.79 Å². The highest BCUT2D eigenvalue weighted by molar-refractivity contribution is 5.70. The fraction of sp³-hybridized carbons (Fsp3) is 0.500. The maximum Gasteiger partial charge on any atom is 0.307 e. The molecule has 1 aromatic rings. The highest BCUT2D eigenvalue weighted by Gasteiger charge is 2.30. The van der Waals surface area contributed by atoms with Gasteiger partial charge >= 0.3 is 5.97 Å². The number of nitrogens with zero attached hydrogens (tertiary/aromatic N) is 1. The molecule has 98 valence electrons. The molecule has 0 bridgehead atoms. The Labute approximate surface area is 107 Å². The first-order valence-corrected chi connectivity index (χ1v) is 6.22. The van der Waals surface area contributed by atoms with Crippen LogP contribution in [0.15, 0.2) is 24.3 Å². The van der Waals surface area contributed by atoms with Crippen molar-refractivity contribution in [1.82, 2.24) is 4.90 Å². The van der Waals surface area contributed by atoms with E-state index in [0.29, 0.717) is 6.54 Å². The standard InChI is InChI=1S/C14H19NO3/c1-10(11-4-3-5-13(8-11)18-2)15-7-6-12(9-15)14(16)17/h3-5,8,10,12H,6-7,9H2,1-2H3,(H,16,17)/t10-,12-/m0/s1. The summed E-state index contributed by atoms with van der Waals surface area (Å²) in [4.78, 5) is 13.2. The number of aliphatic carboxylic acids is 1. The van der Waals surface area contributed by atoms with Gasteiger partial charge in [0.05, 0.1) is 13.0 Å². The molecule has 1 aliphatic rings. The second-order valence-electron chi connectivity index (χ2n) is 4.77. The first-order chi connectivity index (χ1) is 8.61. The molecular formula is C14H19NO3. The van der Waals surface area contributed by atoms with Gasteiger partial charge in [0.25, 0.3) is 0 Å². The molecule has 0 unspecified atom stereocenters. The van der Waals surface area contributed by atoms with E-state index in [1.807, 2.05) is 18.2 Å². The molecule has 1 aliphatic heterocycles. The maximum absolute atomic E-state index is 11.0. The number of carbonyl (C=O) groups is 1. The van der Waals surface area contributed by atoms with Crippen LogP contribution in [0.4, 0.5) is 0 Å². The number of methoxy groups -OCH3 is 1. The Hall–Kier alpha value is -1.55. The van der Waals surface area contributed by atoms with Gasteiger partial charge in [-0.25, -0.2) is 0 Å². The zero-order valence-electron chi connectivity index (χ0n) is 10.8. The Morgan fingerprint density at radius 2 is 2.33 bits per heavy atom. The molecule has 0 amide bonds. The van der Waals surface area contributed by atoms with E-state index < -0.39 is 5.97 Å². The van der Waals surface area contributed by atoms with Crippen molar-refractivity contribution < 1.29 is 14.6 Å². The fourth-order valence-electron chi connectivity index (χ4n) is 2.45. The van der Waals surface area contributed by atoms with E-state index in [1.165, 1.54) is 5.56 Å². The van der Waals surface area contributed by atoms with Crippen LogP contribution >= 0.6 is 0 Å². The first kappa shape index (κ1) is 12.9. The Bertz CT molecular complexity index is 433. The second-order valence-corrected chi connectivity index (χ2v) is 4.77. The molecule has 0 radical (unpaired) electrons. The van der Waals surface area contributed by atoms with Crippen LogP contribution in [-0.4, -0.2) is 36.2 Å². The predicted molar refractivity (Wildman–Crippen MR) is 68.7 cm³/mol. The van der Waals surface area contributed by atoms with Crippen molar-refractivity contribution in [2.75, 3.05) is 20.2 Å². The van der Waals surface area contributed by atoms with Crippen LogP contribution in [0.25, 0.3) is 0 Å². The summed E-state index contributed by atoms with van der Waals surface area (Å²) in [6.07, 6.45) is 0.740. The van der Waals surface area contributed by atoms with Gasteiger partial charge in [-0.15, -0.1) is 0 Å². The third kappa shape index (κ3) is 2.64. The predicted octanol–water partition coefficient (Wildman–Crippen LogP) is 2.16. The van der Waals surface area contributed by atoms with Crippen LogP contribution in [0.2, 0.25) is 0 Å². The van der Waals surface area contributed by atoms with Crippen LogP contribution < -0.4 is 4.74 Å². The lowest BCUT2D eigenvalue weighted by atomic mass is 10.1. The number of benzene rings is 1. The Balaban J connectivity index is 2.07. The molecule has 18 heavy (non-hydrogen) atoms. The normalized spacial score (nSPS) is 21.8. The molecule has 2 atom stereocenters. The van der Waals surface area contributed by atoms with Crippen molar-refractivity contribution >= 4 is 5.97 Å². The van der Waals surface area contributed by atoms with Gasteiger partial charge in [-0.1, -0.05) is 12.1 Å². The smallest absolute Gasteiger partial charge is 0.307 e. The monoisotopic (exact) mass is 249 g/mol. The van der Waals surface area contributed by atoms with Gasteiger partial charge in [-0.05, 0) is 37.6 Å².